The van der Waals surface area contributed by atoms with Gasteiger partial charge in [0.05, 0.1) is 5.69 Å². The summed E-state index contributed by atoms with van der Waals surface area (Å²) in [5.74, 6) is -4.35. The van der Waals surface area contributed by atoms with Crippen molar-refractivity contribution in [3.05, 3.63) is 89.7 Å². The predicted molar refractivity (Wildman–Crippen MR) is 98.7 cm³/mol. The fourth-order valence-corrected chi connectivity index (χ4v) is 2.61. The van der Waals surface area contributed by atoms with Crippen LogP contribution >= 0.6 is 0 Å². The Morgan fingerprint density at radius 2 is 1.48 bits per heavy atom. The molecule has 2 amide bonds. The summed E-state index contributed by atoms with van der Waals surface area (Å²) in [6.45, 7) is 0.270. The van der Waals surface area contributed by atoms with Crippen molar-refractivity contribution < 1.29 is 18.0 Å². The molecule has 3 aromatic carbocycles. The number of nitrogens with one attached hydrogen (secondary N) is 1. The van der Waals surface area contributed by atoms with E-state index in [-0.39, 0.29) is 6.54 Å². The number of nitrogens with zero attached hydrogens (tertiary/aromatic N) is 1. The van der Waals surface area contributed by atoms with Crippen LogP contribution in [0.25, 0.3) is 11.1 Å². The minimum atomic E-state index is -1.62. The van der Waals surface area contributed by atoms with Crippen molar-refractivity contribution in [2.75, 3.05) is 12.4 Å². The number of rotatable bonds is 4. The van der Waals surface area contributed by atoms with Crippen molar-refractivity contribution >= 4 is 11.7 Å². The molecule has 3 aromatic rings. The summed E-state index contributed by atoms with van der Waals surface area (Å²) in [7, 11) is 1.53. The van der Waals surface area contributed by atoms with Gasteiger partial charge in [-0.25, -0.2) is 18.0 Å². The number of hydrogen-bond acceptors (Lipinski definition) is 1. The SMILES string of the molecule is CN(Cc1ccc(-c2ccccc2)cc1)C(=O)Nc1ccc(F)c(F)c1F. The molecular weight excluding hydrogens is 353 g/mol. The Labute approximate surface area is 155 Å². The van der Waals surface area contributed by atoms with E-state index in [1.807, 2.05) is 54.6 Å². The molecule has 138 valence electrons. The Morgan fingerprint density at radius 1 is 0.852 bits per heavy atom. The largest absolute Gasteiger partial charge is 0.323 e. The van der Waals surface area contributed by atoms with Gasteiger partial charge in [0.1, 0.15) is 0 Å². The van der Waals surface area contributed by atoms with Crippen LogP contribution in [0.2, 0.25) is 0 Å². The Morgan fingerprint density at radius 3 is 2.15 bits per heavy atom. The van der Waals surface area contributed by atoms with Crippen LogP contribution in [0.5, 0.6) is 0 Å². The van der Waals surface area contributed by atoms with Crippen molar-refractivity contribution in [2.24, 2.45) is 0 Å². The maximum atomic E-state index is 13.7. The summed E-state index contributed by atoms with van der Waals surface area (Å²) < 4.78 is 39.9. The summed E-state index contributed by atoms with van der Waals surface area (Å²) in [5, 5.41) is 2.24. The van der Waals surface area contributed by atoms with Crippen molar-refractivity contribution in [3.8, 4) is 11.1 Å². The Kier molecular flexibility index (Phi) is 5.45. The minimum Gasteiger partial charge on any atom is -0.323 e. The van der Waals surface area contributed by atoms with Crippen molar-refractivity contribution in [3.63, 3.8) is 0 Å². The smallest absolute Gasteiger partial charge is 0.321 e. The fourth-order valence-electron chi connectivity index (χ4n) is 2.61. The minimum absolute atomic E-state index is 0.270. The molecule has 0 bridgehead atoms. The van der Waals surface area contributed by atoms with E-state index in [1.54, 1.807) is 0 Å². The first-order valence-electron chi connectivity index (χ1n) is 8.25. The lowest BCUT2D eigenvalue weighted by atomic mass is 10.0. The number of anilines is 1. The maximum absolute atomic E-state index is 13.7. The molecule has 6 heteroatoms. The first-order valence-corrected chi connectivity index (χ1v) is 8.25. The van der Waals surface area contributed by atoms with Gasteiger partial charge < -0.3 is 10.2 Å². The monoisotopic (exact) mass is 370 g/mol. The van der Waals surface area contributed by atoms with Gasteiger partial charge in [-0.05, 0) is 28.8 Å². The molecule has 1 N–H and O–H groups in total. The molecule has 3 nitrogen and oxygen atoms in total. The topological polar surface area (TPSA) is 32.3 Å². The fraction of sp³-hybridized carbons (Fsp3) is 0.0952. The van der Waals surface area contributed by atoms with E-state index in [9.17, 15) is 18.0 Å². The van der Waals surface area contributed by atoms with E-state index >= 15 is 0 Å². The molecule has 0 radical (unpaired) electrons. The summed E-state index contributed by atoms with van der Waals surface area (Å²) in [6, 6.07) is 18.7. The number of hydrogen-bond donors (Lipinski definition) is 1. The van der Waals surface area contributed by atoms with Crippen LogP contribution in [0.3, 0.4) is 0 Å². The van der Waals surface area contributed by atoms with E-state index in [1.165, 1.54) is 11.9 Å². The molecule has 0 aromatic heterocycles. The first kappa shape index (κ1) is 18.5. The molecular formula is C21H17F3N2O. The molecule has 0 atom stereocenters. The quantitative estimate of drug-likeness (QED) is 0.610. The molecule has 0 saturated heterocycles. The Hall–Kier alpha value is -3.28. The highest BCUT2D eigenvalue weighted by Gasteiger charge is 2.17. The molecule has 0 unspecified atom stereocenters. The van der Waals surface area contributed by atoms with Crippen molar-refractivity contribution in [1.82, 2.24) is 4.90 Å². The van der Waals surface area contributed by atoms with Gasteiger partial charge >= 0.3 is 6.03 Å². The number of halogens is 3. The van der Waals surface area contributed by atoms with Crippen LogP contribution in [0.1, 0.15) is 5.56 Å². The highest BCUT2D eigenvalue weighted by molar-refractivity contribution is 5.89. The van der Waals surface area contributed by atoms with E-state index in [0.717, 1.165) is 28.8 Å². The zero-order chi connectivity index (χ0) is 19.4. The first-order chi connectivity index (χ1) is 13.0. The van der Waals surface area contributed by atoms with E-state index in [2.05, 4.69) is 5.32 Å². The van der Waals surface area contributed by atoms with Crippen LogP contribution in [0.15, 0.2) is 66.7 Å². The second-order valence-corrected chi connectivity index (χ2v) is 6.07. The highest BCUT2D eigenvalue weighted by Crippen LogP contribution is 2.21. The van der Waals surface area contributed by atoms with Crippen molar-refractivity contribution in [1.29, 1.82) is 0 Å². The molecule has 0 saturated carbocycles. The molecule has 0 aliphatic carbocycles. The second-order valence-electron chi connectivity index (χ2n) is 6.07. The third-order valence-electron chi connectivity index (χ3n) is 4.10. The highest BCUT2D eigenvalue weighted by atomic mass is 19.2. The normalized spacial score (nSPS) is 10.5. The molecule has 3 rings (SSSR count). The summed E-state index contributed by atoms with van der Waals surface area (Å²) >= 11 is 0. The summed E-state index contributed by atoms with van der Waals surface area (Å²) in [6.07, 6.45) is 0. The van der Waals surface area contributed by atoms with Gasteiger partial charge in [-0.15, -0.1) is 0 Å². The lowest BCUT2D eigenvalue weighted by Crippen LogP contribution is -2.31. The van der Waals surface area contributed by atoms with Gasteiger partial charge in [-0.3, -0.25) is 0 Å². The summed E-state index contributed by atoms with van der Waals surface area (Å²) in [4.78, 5) is 13.5. The number of benzene rings is 3. The van der Waals surface area contributed by atoms with Gasteiger partial charge in [-0.1, -0.05) is 54.6 Å². The maximum Gasteiger partial charge on any atom is 0.321 e. The third kappa shape index (κ3) is 4.28. The van der Waals surface area contributed by atoms with Gasteiger partial charge in [0.2, 0.25) is 0 Å². The molecule has 0 fully saturated rings. The number of amides is 2. The average molecular weight is 370 g/mol. The van der Waals surface area contributed by atoms with Crippen LogP contribution in [-0.4, -0.2) is 18.0 Å². The van der Waals surface area contributed by atoms with Gasteiger partial charge in [-0.2, -0.15) is 0 Å². The lowest BCUT2D eigenvalue weighted by molar-refractivity contribution is 0.220. The standard InChI is InChI=1S/C21H17F3N2O/c1-26(21(27)25-18-12-11-17(22)19(23)20(18)24)13-14-7-9-16(10-8-14)15-5-3-2-4-6-15/h2-12H,13H2,1H3,(H,25,27). The molecule has 0 aliphatic heterocycles. The Bertz CT molecular complexity index is 944. The van der Waals surface area contributed by atoms with Crippen LogP contribution < -0.4 is 5.32 Å². The van der Waals surface area contributed by atoms with Gasteiger partial charge in [0, 0.05) is 13.6 Å². The summed E-state index contributed by atoms with van der Waals surface area (Å²) in [5.41, 5.74) is 2.60. The zero-order valence-electron chi connectivity index (χ0n) is 14.5. The number of urea groups is 1. The number of carbonyl (C=O) groups is 1. The van der Waals surface area contributed by atoms with Crippen molar-refractivity contribution in [2.45, 2.75) is 6.54 Å². The zero-order valence-corrected chi connectivity index (χ0v) is 14.5. The second kappa shape index (κ2) is 7.95. The third-order valence-corrected chi connectivity index (χ3v) is 4.10. The van der Waals surface area contributed by atoms with Gasteiger partial charge in [0.25, 0.3) is 0 Å². The number of carbonyl (C=O) groups excluding carboxylic acids is 1. The van der Waals surface area contributed by atoms with Gasteiger partial charge in [0.15, 0.2) is 17.5 Å². The van der Waals surface area contributed by atoms with E-state index in [4.69, 9.17) is 0 Å². The lowest BCUT2D eigenvalue weighted by Gasteiger charge is -2.18. The molecule has 0 aliphatic rings. The van der Waals surface area contributed by atoms with E-state index < -0.39 is 29.2 Å². The predicted octanol–water partition coefficient (Wildman–Crippen LogP) is 5.43. The molecule has 27 heavy (non-hydrogen) atoms. The van der Waals surface area contributed by atoms with Crippen LogP contribution in [-0.2, 0) is 6.54 Å². The van der Waals surface area contributed by atoms with Crippen LogP contribution in [0, 0.1) is 17.5 Å². The molecule has 0 heterocycles. The Balaban J connectivity index is 1.65. The van der Waals surface area contributed by atoms with Crippen LogP contribution in [0.4, 0.5) is 23.7 Å². The molecule has 0 spiro atoms. The van der Waals surface area contributed by atoms with E-state index in [0.29, 0.717) is 0 Å². The average Bonchev–Trinajstić information content (AvgIpc) is 2.69.